The summed E-state index contributed by atoms with van der Waals surface area (Å²) in [4.78, 5) is 18.6. The van der Waals surface area contributed by atoms with Gasteiger partial charge in [0.1, 0.15) is 0 Å². The lowest BCUT2D eigenvalue weighted by atomic mass is 10.3. The van der Waals surface area contributed by atoms with Crippen LogP contribution in [0, 0.1) is 0 Å². The molecule has 112 valence electrons. The molecule has 20 heavy (non-hydrogen) atoms. The summed E-state index contributed by atoms with van der Waals surface area (Å²) in [5.74, 6) is 0.523. The SMILES string of the molecule is CNc1ncn(C)c1C(=O)NCCCN1CCOCC1. The van der Waals surface area contributed by atoms with Crippen LogP contribution in [0.3, 0.4) is 0 Å². The number of aromatic nitrogens is 2. The molecule has 0 saturated carbocycles. The van der Waals surface area contributed by atoms with Crippen LogP contribution in [0.4, 0.5) is 5.82 Å². The predicted octanol–water partition coefficient (Wildman–Crippen LogP) is -0.0861. The average molecular weight is 281 g/mol. The van der Waals surface area contributed by atoms with Crippen molar-refractivity contribution in [1.82, 2.24) is 19.8 Å². The summed E-state index contributed by atoms with van der Waals surface area (Å²) < 4.78 is 7.03. The second-order valence-electron chi connectivity index (χ2n) is 4.87. The Morgan fingerprint density at radius 1 is 1.45 bits per heavy atom. The van der Waals surface area contributed by atoms with Gasteiger partial charge in [0.2, 0.25) is 0 Å². The molecule has 7 heteroatoms. The first-order valence-corrected chi connectivity index (χ1v) is 6.99. The molecule has 0 atom stereocenters. The van der Waals surface area contributed by atoms with E-state index in [-0.39, 0.29) is 5.91 Å². The lowest BCUT2D eigenvalue weighted by molar-refractivity contribution is 0.0374. The van der Waals surface area contributed by atoms with Crippen molar-refractivity contribution in [2.24, 2.45) is 7.05 Å². The monoisotopic (exact) mass is 281 g/mol. The molecule has 1 saturated heterocycles. The van der Waals surface area contributed by atoms with Crippen LogP contribution in [0.1, 0.15) is 16.9 Å². The van der Waals surface area contributed by atoms with Crippen molar-refractivity contribution in [3.8, 4) is 0 Å². The van der Waals surface area contributed by atoms with Gasteiger partial charge in [-0.15, -0.1) is 0 Å². The molecule has 2 rings (SSSR count). The van der Waals surface area contributed by atoms with Gasteiger partial charge in [0.15, 0.2) is 11.5 Å². The Hall–Kier alpha value is -1.60. The number of morpholine rings is 1. The third-order valence-electron chi connectivity index (χ3n) is 3.43. The smallest absolute Gasteiger partial charge is 0.271 e. The Bertz CT molecular complexity index is 440. The summed E-state index contributed by atoms with van der Waals surface area (Å²) in [5, 5.41) is 5.87. The van der Waals surface area contributed by atoms with E-state index in [9.17, 15) is 4.79 Å². The molecule has 1 amide bonds. The normalized spacial score (nSPS) is 16.1. The highest BCUT2D eigenvalue weighted by atomic mass is 16.5. The minimum Gasteiger partial charge on any atom is -0.379 e. The number of rotatable bonds is 6. The van der Waals surface area contributed by atoms with Gasteiger partial charge >= 0.3 is 0 Å². The van der Waals surface area contributed by atoms with Crippen LogP contribution in [0.2, 0.25) is 0 Å². The molecule has 0 radical (unpaired) electrons. The van der Waals surface area contributed by atoms with Gasteiger partial charge in [-0.3, -0.25) is 9.69 Å². The number of anilines is 1. The Balaban J connectivity index is 1.73. The van der Waals surface area contributed by atoms with Crippen molar-refractivity contribution in [1.29, 1.82) is 0 Å². The molecule has 0 bridgehead atoms. The van der Waals surface area contributed by atoms with E-state index in [2.05, 4.69) is 20.5 Å². The van der Waals surface area contributed by atoms with Gasteiger partial charge in [-0.2, -0.15) is 0 Å². The summed E-state index contributed by atoms with van der Waals surface area (Å²) in [6, 6.07) is 0. The summed E-state index contributed by atoms with van der Waals surface area (Å²) in [7, 11) is 3.58. The molecule has 7 nitrogen and oxygen atoms in total. The van der Waals surface area contributed by atoms with Crippen LogP contribution in [0.15, 0.2) is 6.33 Å². The van der Waals surface area contributed by atoms with Crippen molar-refractivity contribution in [2.45, 2.75) is 6.42 Å². The van der Waals surface area contributed by atoms with E-state index in [1.165, 1.54) is 0 Å². The molecule has 2 N–H and O–H groups in total. The third-order valence-corrected chi connectivity index (χ3v) is 3.43. The van der Waals surface area contributed by atoms with Gasteiger partial charge in [0.25, 0.3) is 5.91 Å². The van der Waals surface area contributed by atoms with E-state index in [1.807, 2.05) is 7.05 Å². The summed E-state index contributed by atoms with van der Waals surface area (Å²) in [6.45, 7) is 5.26. The molecule has 2 heterocycles. The van der Waals surface area contributed by atoms with Crippen LogP contribution in [0.5, 0.6) is 0 Å². The Morgan fingerprint density at radius 3 is 2.90 bits per heavy atom. The second kappa shape index (κ2) is 7.25. The Morgan fingerprint density at radius 2 is 2.20 bits per heavy atom. The number of amides is 1. The molecule has 1 aliphatic heterocycles. The number of carbonyl (C=O) groups excluding carboxylic acids is 1. The molecular weight excluding hydrogens is 258 g/mol. The maximum Gasteiger partial charge on any atom is 0.271 e. The van der Waals surface area contributed by atoms with E-state index in [0.717, 1.165) is 39.3 Å². The molecule has 0 unspecified atom stereocenters. The number of imidazole rings is 1. The zero-order valence-corrected chi connectivity index (χ0v) is 12.2. The number of nitrogens with one attached hydrogen (secondary N) is 2. The van der Waals surface area contributed by atoms with Crippen molar-refractivity contribution < 1.29 is 9.53 Å². The van der Waals surface area contributed by atoms with Crippen LogP contribution in [-0.4, -0.2) is 66.8 Å². The molecule has 1 aromatic heterocycles. The van der Waals surface area contributed by atoms with Gasteiger partial charge in [-0.05, 0) is 13.0 Å². The molecule has 1 fully saturated rings. The van der Waals surface area contributed by atoms with Gasteiger partial charge < -0.3 is 19.9 Å². The third kappa shape index (κ3) is 3.71. The van der Waals surface area contributed by atoms with Crippen LogP contribution in [-0.2, 0) is 11.8 Å². The lowest BCUT2D eigenvalue weighted by Crippen LogP contribution is -2.38. The van der Waals surface area contributed by atoms with Crippen LogP contribution in [0.25, 0.3) is 0 Å². The molecule has 1 aromatic rings. The number of hydrogen-bond acceptors (Lipinski definition) is 5. The van der Waals surface area contributed by atoms with Gasteiger partial charge in [-0.25, -0.2) is 4.98 Å². The van der Waals surface area contributed by atoms with Crippen molar-refractivity contribution in [3.05, 3.63) is 12.0 Å². The summed E-state index contributed by atoms with van der Waals surface area (Å²) in [5.41, 5.74) is 0.568. The zero-order chi connectivity index (χ0) is 14.4. The van der Waals surface area contributed by atoms with Crippen molar-refractivity contribution in [3.63, 3.8) is 0 Å². The fourth-order valence-electron chi connectivity index (χ4n) is 2.29. The number of aryl methyl sites for hydroxylation is 1. The van der Waals surface area contributed by atoms with Crippen LogP contribution >= 0.6 is 0 Å². The first-order chi connectivity index (χ1) is 9.72. The lowest BCUT2D eigenvalue weighted by Gasteiger charge is -2.26. The van der Waals surface area contributed by atoms with Gasteiger partial charge in [0.05, 0.1) is 19.5 Å². The average Bonchev–Trinajstić information content (AvgIpc) is 2.85. The van der Waals surface area contributed by atoms with Crippen molar-refractivity contribution in [2.75, 3.05) is 51.8 Å². The number of nitrogens with zero attached hydrogens (tertiary/aromatic N) is 3. The minimum absolute atomic E-state index is 0.0867. The first kappa shape index (κ1) is 14.8. The predicted molar refractivity (Wildman–Crippen MR) is 77.0 cm³/mol. The minimum atomic E-state index is -0.0867. The molecule has 0 aromatic carbocycles. The van der Waals surface area contributed by atoms with Crippen LogP contribution < -0.4 is 10.6 Å². The van der Waals surface area contributed by atoms with E-state index in [1.54, 1.807) is 17.9 Å². The summed E-state index contributed by atoms with van der Waals surface area (Å²) in [6.07, 6.45) is 2.58. The Labute approximate surface area is 119 Å². The molecule has 1 aliphatic rings. The van der Waals surface area contributed by atoms with Crippen molar-refractivity contribution >= 4 is 11.7 Å². The van der Waals surface area contributed by atoms with E-state index in [0.29, 0.717) is 18.1 Å². The highest BCUT2D eigenvalue weighted by Crippen LogP contribution is 2.10. The second-order valence-corrected chi connectivity index (χ2v) is 4.87. The largest absolute Gasteiger partial charge is 0.379 e. The molecule has 0 spiro atoms. The van der Waals surface area contributed by atoms with E-state index >= 15 is 0 Å². The summed E-state index contributed by atoms with van der Waals surface area (Å²) >= 11 is 0. The fourth-order valence-corrected chi connectivity index (χ4v) is 2.29. The number of carbonyl (C=O) groups is 1. The highest BCUT2D eigenvalue weighted by Gasteiger charge is 2.16. The number of ether oxygens (including phenoxy) is 1. The van der Waals surface area contributed by atoms with Gasteiger partial charge in [-0.1, -0.05) is 0 Å². The first-order valence-electron chi connectivity index (χ1n) is 6.99. The number of hydrogen-bond donors (Lipinski definition) is 2. The Kier molecular flexibility index (Phi) is 5.37. The van der Waals surface area contributed by atoms with Gasteiger partial charge in [0, 0.05) is 33.7 Å². The maximum atomic E-state index is 12.1. The quantitative estimate of drug-likeness (QED) is 0.713. The van der Waals surface area contributed by atoms with E-state index < -0.39 is 0 Å². The zero-order valence-electron chi connectivity index (χ0n) is 12.2. The van der Waals surface area contributed by atoms with E-state index in [4.69, 9.17) is 4.74 Å². The molecular formula is C13H23N5O2. The molecule has 0 aliphatic carbocycles. The standard InChI is InChI=1S/C13H23N5O2/c1-14-12-11(17(2)10-16-12)13(19)15-4-3-5-18-6-8-20-9-7-18/h10,14H,3-9H2,1-2H3,(H,15,19). The fraction of sp³-hybridized carbons (Fsp3) is 0.692. The maximum absolute atomic E-state index is 12.1. The highest BCUT2D eigenvalue weighted by molar-refractivity contribution is 5.97. The topological polar surface area (TPSA) is 71.4 Å².